The fourth-order valence-electron chi connectivity index (χ4n) is 1.07. The van der Waals surface area contributed by atoms with E-state index in [4.69, 9.17) is 0 Å². The Bertz CT molecular complexity index is 191. The average Bonchev–Trinajstić information content (AvgIpc) is 2.16. The van der Waals surface area contributed by atoms with Crippen molar-refractivity contribution in [1.29, 1.82) is 0 Å². The van der Waals surface area contributed by atoms with E-state index >= 15 is 0 Å². The molecule has 1 amide bonds. The van der Waals surface area contributed by atoms with Gasteiger partial charge in [-0.25, -0.2) is 0 Å². The predicted octanol–water partition coefficient (Wildman–Crippen LogP) is 0.605. The van der Waals surface area contributed by atoms with Crippen LogP contribution in [0.4, 0.5) is 0 Å². The van der Waals surface area contributed by atoms with Crippen molar-refractivity contribution in [3.05, 3.63) is 0 Å². The molecule has 0 radical (unpaired) electrons. The molecular weight excluding hydrogens is 192 g/mol. The zero-order valence-corrected chi connectivity index (χ0v) is 10.3. The lowest BCUT2D eigenvalue weighted by Gasteiger charge is -2.21. The van der Waals surface area contributed by atoms with E-state index in [2.05, 4.69) is 5.32 Å². The van der Waals surface area contributed by atoms with Gasteiger partial charge in [-0.05, 0) is 26.3 Å². The Labute approximate surface area is 92.7 Å². The first kappa shape index (κ1) is 14.4. The summed E-state index contributed by atoms with van der Waals surface area (Å²) in [4.78, 5) is 12.8. The molecule has 90 valence electrons. The van der Waals surface area contributed by atoms with Gasteiger partial charge in [-0.15, -0.1) is 0 Å². The molecule has 0 saturated heterocycles. The zero-order chi connectivity index (χ0) is 11.9. The molecule has 0 aliphatic heterocycles. The predicted molar refractivity (Wildman–Crippen MR) is 61.7 cm³/mol. The molecule has 15 heavy (non-hydrogen) atoms. The lowest BCUT2D eigenvalue weighted by molar-refractivity contribution is -0.128. The highest BCUT2D eigenvalue weighted by Crippen LogP contribution is 2.05. The van der Waals surface area contributed by atoms with Gasteiger partial charge in [-0.2, -0.15) is 0 Å². The van der Waals surface area contributed by atoms with Crippen LogP contribution in [0.5, 0.6) is 0 Å². The van der Waals surface area contributed by atoms with Gasteiger partial charge in [0.2, 0.25) is 5.91 Å². The summed E-state index contributed by atoms with van der Waals surface area (Å²) >= 11 is 0. The third kappa shape index (κ3) is 7.33. The van der Waals surface area contributed by atoms with Gasteiger partial charge in [-0.1, -0.05) is 6.92 Å². The van der Waals surface area contributed by atoms with Gasteiger partial charge in [-0.3, -0.25) is 4.79 Å². The van der Waals surface area contributed by atoms with Crippen LogP contribution >= 0.6 is 0 Å². The number of hydrogen-bond donors (Lipinski definition) is 2. The second-order valence-electron chi connectivity index (χ2n) is 4.42. The van der Waals surface area contributed by atoms with Gasteiger partial charge >= 0.3 is 0 Å². The number of carbonyl (C=O) groups excluding carboxylic acids is 1. The van der Waals surface area contributed by atoms with Crippen molar-refractivity contribution in [2.45, 2.75) is 38.7 Å². The van der Waals surface area contributed by atoms with E-state index in [1.54, 1.807) is 19.0 Å². The summed E-state index contributed by atoms with van der Waals surface area (Å²) in [6.45, 7) is 5.12. The second kappa shape index (κ2) is 6.80. The highest BCUT2D eigenvalue weighted by molar-refractivity contribution is 5.75. The third-order valence-electron chi connectivity index (χ3n) is 2.51. The van der Waals surface area contributed by atoms with Gasteiger partial charge in [0.25, 0.3) is 0 Å². The summed E-state index contributed by atoms with van der Waals surface area (Å²) in [5, 5.41) is 12.8. The molecule has 1 unspecified atom stereocenters. The Balaban J connectivity index is 3.44. The maximum Gasteiger partial charge on any atom is 0.222 e. The molecule has 2 N–H and O–H groups in total. The van der Waals surface area contributed by atoms with Crippen LogP contribution in [0.2, 0.25) is 0 Å². The normalized spacial score (nSPS) is 14.7. The van der Waals surface area contributed by atoms with Crippen molar-refractivity contribution in [1.82, 2.24) is 10.2 Å². The molecule has 4 nitrogen and oxygen atoms in total. The summed E-state index contributed by atoms with van der Waals surface area (Å²) < 4.78 is 0. The van der Waals surface area contributed by atoms with Crippen LogP contribution in [0.1, 0.15) is 33.1 Å². The van der Waals surface area contributed by atoms with Crippen LogP contribution in [0.3, 0.4) is 0 Å². The molecule has 0 aliphatic carbocycles. The van der Waals surface area contributed by atoms with E-state index in [1.165, 1.54) is 0 Å². The lowest BCUT2D eigenvalue weighted by Crippen LogP contribution is -2.37. The summed E-state index contributed by atoms with van der Waals surface area (Å²) in [5.74, 6) is 0.152. The molecule has 0 aromatic heterocycles. The number of carbonyl (C=O) groups is 1. The molecular formula is C11H24N2O2. The molecule has 0 rings (SSSR count). The summed E-state index contributed by atoms with van der Waals surface area (Å²) in [6.07, 6.45) is 2.11. The molecule has 0 bridgehead atoms. The van der Waals surface area contributed by atoms with Crippen molar-refractivity contribution in [3.63, 3.8) is 0 Å². The average molecular weight is 216 g/mol. The zero-order valence-electron chi connectivity index (χ0n) is 10.3. The van der Waals surface area contributed by atoms with Gasteiger partial charge in [0.05, 0.1) is 5.60 Å². The first-order valence-electron chi connectivity index (χ1n) is 5.52. The molecule has 1 atom stereocenters. The van der Waals surface area contributed by atoms with Crippen LogP contribution in [0.15, 0.2) is 0 Å². The Hall–Kier alpha value is -0.610. The summed E-state index contributed by atoms with van der Waals surface area (Å²) in [5.41, 5.74) is -0.633. The summed E-state index contributed by atoms with van der Waals surface area (Å²) in [6, 6.07) is 0. The van der Waals surface area contributed by atoms with E-state index in [1.807, 2.05) is 13.8 Å². The fraction of sp³-hybridized carbons (Fsp3) is 0.909. The van der Waals surface area contributed by atoms with Gasteiger partial charge in [0.1, 0.15) is 0 Å². The minimum Gasteiger partial charge on any atom is -0.389 e. The molecule has 0 aromatic carbocycles. The lowest BCUT2D eigenvalue weighted by atomic mass is 10.0. The monoisotopic (exact) mass is 216 g/mol. The van der Waals surface area contributed by atoms with Gasteiger partial charge in [0.15, 0.2) is 0 Å². The van der Waals surface area contributed by atoms with Crippen LogP contribution in [-0.2, 0) is 4.79 Å². The number of hydrogen-bond acceptors (Lipinski definition) is 3. The topological polar surface area (TPSA) is 52.6 Å². The molecule has 0 aliphatic rings. The maximum absolute atomic E-state index is 11.2. The minimum absolute atomic E-state index is 0.152. The van der Waals surface area contributed by atoms with Crippen LogP contribution in [0, 0.1) is 0 Å². The van der Waals surface area contributed by atoms with E-state index in [9.17, 15) is 9.90 Å². The number of aliphatic hydroxyl groups is 1. The Kier molecular flexibility index (Phi) is 6.52. The SMILES string of the molecule is CCC(C)(O)CNCCCC(=O)N(C)C. The molecule has 0 heterocycles. The molecule has 0 aromatic rings. The standard InChI is InChI=1S/C11H24N2O2/c1-5-11(2,15)9-12-8-6-7-10(14)13(3)4/h12,15H,5-9H2,1-4H3. The van der Waals surface area contributed by atoms with E-state index < -0.39 is 5.60 Å². The number of rotatable bonds is 7. The largest absolute Gasteiger partial charge is 0.389 e. The number of nitrogens with zero attached hydrogens (tertiary/aromatic N) is 1. The highest BCUT2D eigenvalue weighted by Gasteiger charge is 2.16. The van der Waals surface area contributed by atoms with E-state index in [0.717, 1.165) is 19.4 Å². The molecule has 0 fully saturated rings. The first-order chi connectivity index (χ1) is 6.89. The van der Waals surface area contributed by atoms with E-state index in [0.29, 0.717) is 13.0 Å². The van der Waals surface area contributed by atoms with Crippen molar-refractivity contribution in [3.8, 4) is 0 Å². The van der Waals surface area contributed by atoms with E-state index in [-0.39, 0.29) is 5.91 Å². The molecule has 0 spiro atoms. The fourth-order valence-corrected chi connectivity index (χ4v) is 1.07. The Morgan fingerprint density at radius 1 is 1.47 bits per heavy atom. The van der Waals surface area contributed by atoms with Crippen molar-refractivity contribution in [2.24, 2.45) is 0 Å². The molecule has 4 heteroatoms. The molecule has 0 saturated carbocycles. The van der Waals surface area contributed by atoms with Crippen molar-refractivity contribution < 1.29 is 9.90 Å². The second-order valence-corrected chi connectivity index (χ2v) is 4.42. The van der Waals surface area contributed by atoms with Crippen molar-refractivity contribution in [2.75, 3.05) is 27.2 Å². The quantitative estimate of drug-likeness (QED) is 0.613. The highest BCUT2D eigenvalue weighted by atomic mass is 16.3. The van der Waals surface area contributed by atoms with Crippen LogP contribution < -0.4 is 5.32 Å². The van der Waals surface area contributed by atoms with Gasteiger partial charge in [0, 0.05) is 27.1 Å². The Morgan fingerprint density at radius 2 is 2.07 bits per heavy atom. The minimum atomic E-state index is -0.633. The van der Waals surface area contributed by atoms with Crippen LogP contribution in [0.25, 0.3) is 0 Å². The third-order valence-corrected chi connectivity index (χ3v) is 2.51. The Morgan fingerprint density at radius 3 is 2.53 bits per heavy atom. The maximum atomic E-state index is 11.2. The first-order valence-corrected chi connectivity index (χ1v) is 5.52. The number of amides is 1. The van der Waals surface area contributed by atoms with Gasteiger partial charge < -0.3 is 15.3 Å². The smallest absolute Gasteiger partial charge is 0.222 e. The summed E-state index contributed by atoms with van der Waals surface area (Å²) in [7, 11) is 3.52. The van der Waals surface area contributed by atoms with Crippen molar-refractivity contribution >= 4 is 5.91 Å². The number of nitrogens with one attached hydrogen (secondary N) is 1. The van der Waals surface area contributed by atoms with Crippen LogP contribution in [-0.4, -0.2) is 48.7 Å².